The number of benzene rings is 1. The SMILES string of the molecule is NC1=Nc2ccccc2C(O)c2ccsc21. The topological polar surface area (TPSA) is 58.6 Å². The van der Waals surface area contributed by atoms with E-state index in [9.17, 15) is 5.11 Å². The fourth-order valence-electron chi connectivity index (χ4n) is 1.91. The second-order valence-electron chi connectivity index (χ2n) is 3.66. The van der Waals surface area contributed by atoms with Crippen molar-refractivity contribution < 1.29 is 5.11 Å². The van der Waals surface area contributed by atoms with Crippen molar-refractivity contribution in [2.75, 3.05) is 0 Å². The van der Waals surface area contributed by atoms with Crippen LogP contribution in [0.4, 0.5) is 5.69 Å². The summed E-state index contributed by atoms with van der Waals surface area (Å²) >= 11 is 1.51. The van der Waals surface area contributed by atoms with Gasteiger partial charge < -0.3 is 10.8 Å². The molecule has 0 saturated heterocycles. The molecule has 1 atom stereocenters. The zero-order valence-electron chi connectivity index (χ0n) is 8.42. The Kier molecular flexibility index (Phi) is 2.05. The van der Waals surface area contributed by atoms with E-state index in [1.54, 1.807) is 0 Å². The molecule has 0 radical (unpaired) electrons. The third-order valence-corrected chi connectivity index (χ3v) is 3.65. The molecule has 1 unspecified atom stereocenters. The van der Waals surface area contributed by atoms with Gasteiger partial charge in [-0.3, -0.25) is 0 Å². The molecule has 3 rings (SSSR count). The summed E-state index contributed by atoms with van der Waals surface area (Å²) in [5, 5.41) is 12.2. The van der Waals surface area contributed by atoms with Crippen LogP contribution in [0.2, 0.25) is 0 Å². The fourth-order valence-corrected chi connectivity index (χ4v) is 2.74. The molecule has 2 heterocycles. The minimum atomic E-state index is -0.637. The van der Waals surface area contributed by atoms with Crippen LogP contribution in [0.25, 0.3) is 0 Å². The smallest absolute Gasteiger partial charge is 0.141 e. The number of aliphatic imine (C=N–C) groups is 1. The molecule has 1 aromatic carbocycles. The van der Waals surface area contributed by atoms with Gasteiger partial charge in [0.05, 0.1) is 10.6 Å². The van der Waals surface area contributed by atoms with Crippen molar-refractivity contribution in [2.24, 2.45) is 10.7 Å². The Bertz CT molecular complexity index is 574. The third kappa shape index (κ3) is 1.27. The maximum atomic E-state index is 10.3. The van der Waals surface area contributed by atoms with Gasteiger partial charge in [-0.15, -0.1) is 11.3 Å². The van der Waals surface area contributed by atoms with Crippen LogP contribution in [-0.4, -0.2) is 10.9 Å². The highest BCUT2D eigenvalue weighted by Gasteiger charge is 2.23. The van der Waals surface area contributed by atoms with E-state index >= 15 is 0 Å². The van der Waals surface area contributed by atoms with Crippen molar-refractivity contribution in [3.63, 3.8) is 0 Å². The number of hydrogen-bond donors (Lipinski definition) is 2. The highest BCUT2D eigenvalue weighted by molar-refractivity contribution is 7.12. The van der Waals surface area contributed by atoms with Crippen molar-refractivity contribution in [1.29, 1.82) is 0 Å². The monoisotopic (exact) mass is 230 g/mol. The van der Waals surface area contributed by atoms with E-state index in [2.05, 4.69) is 4.99 Å². The highest BCUT2D eigenvalue weighted by Crippen LogP contribution is 2.36. The van der Waals surface area contributed by atoms with Crippen LogP contribution in [0, 0.1) is 0 Å². The molecule has 0 amide bonds. The average molecular weight is 230 g/mol. The molecule has 1 aliphatic rings. The Morgan fingerprint density at radius 3 is 2.88 bits per heavy atom. The lowest BCUT2D eigenvalue weighted by Gasteiger charge is -2.10. The standard InChI is InChI=1S/C12H10N2OS/c13-12-11-8(5-6-16-11)10(15)7-3-1-2-4-9(7)14-12/h1-6,10,15H,(H2,13,14). The van der Waals surface area contributed by atoms with E-state index in [-0.39, 0.29) is 0 Å². The molecule has 2 aromatic rings. The van der Waals surface area contributed by atoms with Gasteiger partial charge in [0.1, 0.15) is 11.9 Å². The van der Waals surface area contributed by atoms with Crippen molar-refractivity contribution in [2.45, 2.75) is 6.10 Å². The highest BCUT2D eigenvalue weighted by atomic mass is 32.1. The molecule has 16 heavy (non-hydrogen) atoms. The summed E-state index contributed by atoms with van der Waals surface area (Å²) in [6, 6.07) is 9.42. The molecule has 3 N–H and O–H groups in total. The van der Waals surface area contributed by atoms with E-state index in [0.29, 0.717) is 5.84 Å². The zero-order chi connectivity index (χ0) is 11.1. The second kappa shape index (κ2) is 3.43. The Hall–Kier alpha value is -1.65. The van der Waals surface area contributed by atoms with E-state index in [0.717, 1.165) is 21.7 Å². The summed E-state index contributed by atoms with van der Waals surface area (Å²) in [5.74, 6) is 0.481. The number of nitrogens with zero attached hydrogens (tertiary/aromatic N) is 1. The number of fused-ring (bicyclic) bond motifs is 2. The summed E-state index contributed by atoms with van der Waals surface area (Å²) in [4.78, 5) is 5.21. The summed E-state index contributed by atoms with van der Waals surface area (Å²) in [7, 11) is 0. The molecule has 0 spiro atoms. The fraction of sp³-hybridized carbons (Fsp3) is 0.0833. The van der Waals surface area contributed by atoms with Crippen molar-refractivity contribution in [1.82, 2.24) is 0 Å². The largest absolute Gasteiger partial charge is 0.384 e. The first-order chi connectivity index (χ1) is 7.77. The van der Waals surface area contributed by atoms with Gasteiger partial charge in [-0.2, -0.15) is 0 Å². The van der Waals surface area contributed by atoms with Gasteiger partial charge >= 0.3 is 0 Å². The first-order valence-electron chi connectivity index (χ1n) is 4.96. The zero-order valence-corrected chi connectivity index (χ0v) is 9.24. The average Bonchev–Trinajstić information content (AvgIpc) is 2.74. The summed E-state index contributed by atoms with van der Waals surface area (Å²) < 4.78 is 0. The van der Waals surface area contributed by atoms with Crippen LogP contribution in [-0.2, 0) is 0 Å². The van der Waals surface area contributed by atoms with Crippen LogP contribution in [0.5, 0.6) is 0 Å². The molecule has 80 valence electrons. The molecule has 0 bridgehead atoms. The molecular formula is C12H10N2OS. The van der Waals surface area contributed by atoms with Crippen molar-refractivity contribution >= 4 is 22.9 Å². The van der Waals surface area contributed by atoms with E-state index < -0.39 is 6.10 Å². The Morgan fingerprint density at radius 2 is 2.00 bits per heavy atom. The lowest BCUT2D eigenvalue weighted by molar-refractivity contribution is 0.221. The number of hydrogen-bond acceptors (Lipinski definition) is 4. The van der Waals surface area contributed by atoms with Gasteiger partial charge in [-0.1, -0.05) is 18.2 Å². The number of amidine groups is 1. The predicted molar refractivity (Wildman–Crippen MR) is 65.2 cm³/mol. The number of thiophene rings is 1. The number of aliphatic hydroxyl groups excluding tert-OH is 1. The van der Waals surface area contributed by atoms with Crippen LogP contribution in [0.15, 0.2) is 40.7 Å². The quantitative estimate of drug-likeness (QED) is 0.728. The lowest BCUT2D eigenvalue weighted by atomic mass is 10.0. The van der Waals surface area contributed by atoms with Gasteiger partial charge in [0, 0.05) is 11.1 Å². The molecule has 1 aromatic heterocycles. The molecule has 1 aliphatic heterocycles. The van der Waals surface area contributed by atoms with Gasteiger partial charge in [-0.25, -0.2) is 4.99 Å². The first-order valence-corrected chi connectivity index (χ1v) is 5.84. The van der Waals surface area contributed by atoms with Crippen LogP contribution in [0.1, 0.15) is 22.1 Å². The number of rotatable bonds is 0. The summed E-state index contributed by atoms with van der Waals surface area (Å²) in [6.07, 6.45) is -0.637. The Morgan fingerprint density at radius 1 is 1.19 bits per heavy atom. The van der Waals surface area contributed by atoms with Crippen molar-refractivity contribution in [3.8, 4) is 0 Å². The first kappa shape index (κ1) is 9.57. The molecule has 0 fully saturated rings. The van der Waals surface area contributed by atoms with Crippen LogP contribution < -0.4 is 5.73 Å². The molecule has 0 aliphatic carbocycles. The molecular weight excluding hydrogens is 220 g/mol. The molecule has 3 nitrogen and oxygen atoms in total. The van der Waals surface area contributed by atoms with E-state index in [1.807, 2.05) is 35.7 Å². The summed E-state index contributed by atoms with van der Waals surface area (Å²) in [6.45, 7) is 0. The maximum absolute atomic E-state index is 10.3. The normalized spacial score (nSPS) is 18.3. The van der Waals surface area contributed by atoms with Crippen LogP contribution in [0.3, 0.4) is 0 Å². The predicted octanol–water partition coefficient (Wildman–Crippen LogP) is 2.18. The van der Waals surface area contributed by atoms with Gasteiger partial charge in [-0.05, 0) is 17.5 Å². The molecule has 0 saturated carbocycles. The van der Waals surface area contributed by atoms with E-state index in [4.69, 9.17) is 5.73 Å². The number of para-hydroxylation sites is 1. The van der Waals surface area contributed by atoms with Crippen LogP contribution >= 0.6 is 11.3 Å². The maximum Gasteiger partial charge on any atom is 0.141 e. The minimum Gasteiger partial charge on any atom is -0.384 e. The van der Waals surface area contributed by atoms with Crippen molar-refractivity contribution in [3.05, 3.63) is 51.7 Å². The Balaban J connectivity index is 2.31. The van der Waals surface area contributed by atoms with Gasteiger partial charge in [0.2, 0.25) is 0 Å². The van der Waals surface area contributed by atoms with Gasteiger partial charge in [0.25, 0.3) is 0 Å². The molecule has 4 heteroatoms. The Labute approximate surface area is 96.9 Å². The second-order valence-corrected chi connectivity index (χ2v) is 4.58. The minimum absolute atomic E-state index is 0.481. The third-order valence-electron chi connectivity index (χ3n) is 2.70. The van der Waals surface area contributed by atoms with Gasteiger partial charge in [0.15, 0.2) is 0 Å². The van der Waals surface area contributed by atoms with E-state index in [1.165, 1.54) is 11.3 Å². The summed E-state index contributed by atoms with van der Waals surface area (Å²) in [5.41, 5.74) is 8.32. The lowest BCUT2D eigenvalue weighted by Crippen LogP contribution is -2.12. The number of nitrogens with two attached hydrogens (primary N) is 1. The number of aliphatic hydroxyl groups is 1.